The maximum absolute atomic E-state index is 12.5. The van der Waals surface area contributed by atoms with E-state index < -0.39 is 5.97 Å². The van der Waals surface area contributed by atoms with Crippen LogP contribution in [0.15, 0.2) is 84.9 Å². The number of hydrogen-bond donors (Lipinski definition) is 1. The van der Waals surface area contributed by atoms with Gasteiger partial charge in [-0.15, -0.1) is 0 Å². The van der Waals surface area contributed by atoms with Crippen molar-refractivity contribution in [2.45, 2.75) is 6.92 Å². The molecule has 0 aliphatic carbocycles. The van der Waals surface area contributed by atoms with Gasteiger partial charge in [0.1, 0.15) is 11.4 Å². The quantitative estimate of drug-likeness (QED) is 0.309. The summed E-state index contributed by atoms with van der Waals surface area (Å²) in [5, 5.41) is 2.99. The first-order valence-corrected chi connectivity index (χ1v) is 11.1. The third kappa shape index (κ3) is 3.21. The van der Waals surface area contributed by atoms with Crippen molar-refractivity contribution in [2.24, 2.45) is 0 Å². The van der Waals surface area contributed by atoms with Gasteiger partial charge < -0.3 is 9.72 Å². The van der Waals surface area contributed by atoms with Crippen molar-refractivity contribution in [3.8, 4) is 22.5 Å². The van der Waals surface area contributed by atoms with Crippen LogP contribution in [-0.4, -0.2) is 28.0 Å². The van der Waals surface area contributed by atoms with Crippen molar-refractivity contribution in [2.75, 3.05) is 7.11 Å². The zero-order valence-corrected chi connectivity index (χ0v) is 18.8. The van der Waals surface area contributed by atoms with Gasteiger partial charge in [-0.2, -0.15) is 0 Å². The Morgan fingerprint density at radius 1 is 0.824 bits per heavy atom. The van der Waals surface area contributed by atoms with Gasteiger partial charge in [0.15, 0.2) is 0 Å². The first kappa shape index (κ1) is 20.1. The van der Waals surface area contributed by atoms with E-state index in [2.05, 4.69) is 48.3 Å². The van der Waals surface area contributed by atoms with E-state index in [4.69, 9.17) is 14.7 Å². The van der Waals surface area contributed by atoms with Crippen molar-refractivity contribution in [3.05, 3.63) is 96.2 Å². The van der Waals surface area contributed by atoms with Gasteiger partial charge >= 0.3 is 5.97 Å². The molecule has 0 saturated heterocycles. The summed E-state index contributed by atoms with van der Waals surface area (Å²) in [5.74, 6) is -0.479. The van der Waals surface area contributed by atoms with Crippen molar-refractivity contribution >= 4 is 38.7 Å². The van der Waals surface area contributed by atoms with E-state index in [0.29, 0.717) is 11.4 Å². The van der Waals surface area contributed by atoms with Gasteiger partial charge in [-0.25, -0.2) is 14.8 Å². The van der Waals surface area contributed by atoms with Crippen molar-refractivity contribution in [1.82, 2.24) is 15.0 Å². The Hall–Kier alpha value is -4.51. The van der Waals surface area contributed by atoms with E-state index in [1.165, 1.54) is 12.7 Å². The van der Waals surface area contributed by atoms with Gasteiger partial charge in [0, 0.05) is 21.7 Å². The zero-order chi connectivity index (χ0) is 23.2. The zero-order valence-electron chi connectivity index (χ0n) is 18.8. The lowest BCUT2D eigenvalue weighted by Crippen LogP contribution is -2.05. The molecule has 0 aliphatic heterocycles. The molecule has 0 bridgehead atoms. The molecule has 34 heavy (non-hydrogen) atoms. The maximum atomic E-state index is 12.5. The van der Waals surface area contributed by atoms with Crippen LogP contribution in [0.4, 0.5) is 0 Å². The number of rotatable bonds is 3. The number of nitrogens with one attached hydrogen (secondary N) is 1. The number of aromatic nitrogens is 3. The molecule has 0 fully saturated rings. The highest BCUT2D eigenvalue weighted by molar-refractivity contribution is 6.13. The Morgan fingerprint density at radius 3 is 2.35 bits per heavy atom. The number of hydrogen-bond acceptors (Lipinski definition) is 4. The topological polar surface area (TPSA) is 67.9 Å². The molecule has 3 heterocycles. The van der Waals surface area contributed by atoms with Gasteiger partial charge in [-0.3, -0.25) is 0 Å². The van der Waals surface area contributed by atoms with Gasteiger partial charge in [-0.05, 0) is 42.3 Å². The predicted molar refractivity (Wildman–Crippen MR) is 136 cm³/mol. The number of carbonyl (C=O) groups excluding carboxylic acids is 1. The molecule has 0 unspecified atom stereocenters. The predicted octanol–water partition coefficient (Wildman–Crippen LogP) is 6.69. The van der Waals surface area contributed by atoms with Gasteiger partial charge in [-0.1, -0.05) is 66.2 Å². The standard InChI is InChI=1S/C29H21N3O2/c1-17-11-13-18(14-12-17)21-15-25(30-23-9-5-3-7-19(21)23)28-27-22(16-26(32-28)29(33)34-2)20-8-4-6-10-24(20)31-27/h3-16,31H,1-2H3. The maximum Gasteiger partial charge on any atom is 0.356 e. The number of ether oxygens (including phenoxy) is 1. The number of para-hydroxylation sites is 2. The summed E-state index contributed by atoms with van der Waals surface area (Å²) >= 11 is 0. The molecule has 5 nitrogen and oxygen atoms in total. The highest BCUT2D eigenvalue weighted by Crippen LogP contribution is 2.36. The molecular weight excluding hydrogens is 422 g/mol. The number of aromatic amines is 1. The summed E-state index contributed by atoms with van der Waals surface area (Å²) in [6.45, 7) is 2.08. The molecule has 0 saturated carbocycles. The number of carbonyl (C=O) groups is 1. The van der Waals surface area contributed by atoms with E-state index in [-0.39, 0.29) is 5.69 Å². The second-order valence-corrected chi connectivity index (χ2v) is 8.38. The fourth-order valence-corrected chi connectivity index (χ4v) is 4.51. The number of fused-ring (bicyclic) bond motifs is 4. The molecule has 0 amide bonds. The van der Waals surface area contributed by atoms with Crippen LogP contribution in [0, 0.1) is 6.92 Å². The Balaban J connectivity index is 1.70. The first-order valence-electron chi connectivity index (χ1n) is 11.1. The van der Waals surface area contributed by atoms with Crippen LogP contribution in [0.2, 0.25) is 0 Å². The summed E-state index contributed by atoms with van der Waals surface area (Å²) < 4.78 is 5.01. The second-order valence-electron chi connectivity index (χ2n) is 8.38. The number of methoxy groups -OCH3 is 1. The highest BCUT2D eigenvalue weighted by atomic mass is 16.5. The molecule has 5 heteroatoms. The Morgan fingerprint density at radius 2 is 1.56 bits per heavy atom. The number of H-pyrrole nitrogens is 1. The van der Waals surface area contributed by atoms with E-state index in [1.54, 1.807) is 6.07 Å². The lowest BCUT2D eigenvalue weighted by Gasteiger charge is -2.12. The van der Waals surface area contributed by atoms with Crippen LogP contribution in [0.3, 0.4) is 0 Å². The fourth-order valence-electron chi connectivity index (χ4n) is 4.51. The summed E-state index contributed by atoms with van der Waals surface area (Å²) in [7, 11) is 1.37. The number of esters is 1. The normalized spacial score (nSPS) is 11.4. The highest BCUT2D eigenvalue weighted by Gasteiger charge is 2.19. The molecule has 0 aliphatic rings. The van der Waals surface area contributed by atoms with Gasteiger partial charge in [0.2, 0.25) is 0 Å². The Bertz CT molecular complexity index is 1720. The molecule has 0 radical (unpaired) electrons. The molecule has 0 spiro atoms. The fraction of sp³-hybridized carbons (Fsp3) is 0.0690. The van der Waals surface area contributed by atoms with E-state index in [0.717, 1.165) is 43.8 Å². The largest absolute Gasteiger partial charge is 0.464 e. The monoisotopic (exact) mass is 443 g/mol. The summed E-state index contributed by atoms with van der Waals surface area (Å²) in [5.41, 5.74) is 7.61. The molecule has 6 aromatic rings. The summed E-state index contributed by atoms with van der Waals surface area (Å²) in [6.07, 6.45) is 0. The summed E-state index contributed by atoms with van der Waals surface area (Å²) in [6, 6.07) is 28.4. The molecular formula is C29H21N3O2. The lowest BCUT2D eigenvalue weighted by atomic mass is 9.98. The molecule has 6 rings (SSSR count). The second kappa shape index (κ2) is 7.81. The number of benzene rings is 3. The minimum absolute atomic E-state index is 0.251. The average molecular weight is 444 g/mol. The van der Waals surface area contributed by atoms with Crippen LogP contribution in [0.25, 0.3) is 55.2 Å². The molecule has 1 N–H and O–H groups in total. The van der Waals surface area contributed by atoms with E-state index in [9.17, 15) is 4.79 Å². The Kier molecular flexibility index (Phi) is 4.62. The number of nitrogens with zero attached hydrogens (tertiary/aromatic N) is 2. The van der Waals surface area contributed by atoms with Crippen LogP contribution < -0.4 is 0 Å². The van der Waals surface area contributed by atoms with Crippen LogP contribution in [0.1, 0.15) is 16.1 Å². The van der Waals surface area contributed by atoms with Crippen LogP contribution >= 0.6 is 0 Å². The Labute approximate surface area is 196 Å². The van der Waals surface area contributed by atoms with Gasteiger partial charge in [0.05, 0.1) is 23.8 Å². The molecule has 0 atom stereocenters. The lowest BCUT2D eigenvalue weighted by molar-refractivity contribution is 0.0594. The third-order valence-electron chi connectivity index (χ3n) is 6.21. The molecule has 3 aromatic heterocycles. The smallest absolute Gasteiger partial charge is 0.356 e. The van der Waals surface area contributed by atoms with Crippen LogP contribution in [0.5, 0.6) is 0 Å². The third-order valence-corrected chi connectivity index (χ3v) is 6.21. The SMILES string of the molecule is COC(=O)c1cc2c([nH]c3ccccc32)c(-c2cc(-c3ccc(C)cc3)c3ccccc3n2)n1. The van der Waals surface area contributed by atoms with E-state index in [1.807, 2.05) is 42.5 Å². The van der Waals surface area contributed by atoms with Gasteiger partial charge in [0.25, 0.3) is 0 Å². The van der Waals surface area contributed by atoms with Crippen molar-refractivity contribution < 1.29 is 9.53 Å². The number of aryl methyl sites for hydroxylation is 1. The van der Waals surface area contributed by atoms with Crippen molar-refractivity contribution in [1.29, 1.82) is 0 Å². The first-order chi connectivity index (χ1) is 16.6. The minimum Gasteiger partial charge on any atom is -0.464 e. The number of pyridine rings is 2. The van der Waals surface area contributed by atoms with Crippen LogP contribution in [-0.2, 0) is 4.74 Å². The average Bonchev–Trinajstić information content (AvgIpc) is 3.26. The van der Waals surface area contributed by atoms with Crippen molar-refractivity contribution in [3.63, 3.8) is 0 Å². The molecule has 164 valence electrons. The summed E-state index contributed by atoms with van der Waals surface area (Å²) in [4.78, 5) is 25.7. The molecule has 3 aromatic carbocycles. The minimum atomic E-state index is -0.479. The van der Waals surface area contributed by atoms with E-state index >= 15 is 0 Å².